The number of pyridine rings is 1. The predicted octanol–water partition coefficient (Wildman–Crippen LogP) is 4.62. The van der Waals surface area contributed by atoms with Crippen molar-refractivity contribution in [2.45, 2.75) is 36.5 Å². The molecule has 0 radical (unpaired) electrons. The van der Waals surface area contributed by atoms with E-state index in [1.54, 1.807) is 6.07 Å². The second-order valence-corrected chi connectivity index (χ2v) is 6.79. The molecule has 1 aromatic carbocycles. The Morgan fingerprint density at radius 1 is 1.30 bits per heavy atom. The molecule has 0 bridgehead atoms. The molecule has 2 aromatic rings. The number of thioether (sulfide) groups is 1. The monoisotopic (exact) mass is 348 g/mol. The Balaban J connectivity index is 1.91. The summed E-state index contributed by atoms with van der Waals surface area (Å²) in [5.74, 6) is -0.0414. The maximum atomic E-state index is 13.1. The fourth-order valence-corrected chi connectivity index (χ4v) is 4.20. The van der Waals surface area contributed by atoms with Crippen LogP contribution in [0.3, 0.4) is 0 Å². The van der Waals surface area contributed by atoms with Crippen LogP contribution in [0.5, 0.6) is 5.88 Å². The fourth-order valence-electron chi connectivity index (χ4n) is 2.79. The maximum Gasteiger partial charge on any atom is 0.230 e. The first-order valence-corrected chi connectivity index (χ1v) is 8.68. The first-order valence-electron chi connectivity index (χ1n) is 7.31. The third kappa shape index (κ3) is 3.29. The molecule has 0 fully saturated rings. The van der Waals surface area contributed by atoms with Crippen LogP contribution in [0, 0.1) is 17.1 Å². The van der Waals surface area contributed by atoms with Gasteiger partial charge in [0.25, 0.3) is 0 Å². The van der Waals surface area contributed by atoms with Crippen molar-refractivity contribution in [3.05, 3.63) is 51.3 Å². The smallest absolute Gasteiger partial charge is 0.230 e. The lowest BCUT2D eigenvalue weighted by Gasteiger charge is -2.20. The minimum absolute atomic E-state index is 0.208. The standard InChI is InChI=1S/C17H14ClFN2OS/c18-15-7-11(19)6-5-10(15)9-23-17-13-4-2-1-3-12(13)14(8-20)16(22)21-17/h5-7H,1-4,9H2,(H,21,22). The molecule has 1 aliphatic carbocycles. The Morgan fingerprint density at radius 3 is 2.74 bits per heavy atom. The highest BCUT2D eigenvalue weighted by atomic mass is 35.5. The van der Waals surface area contributed by atoms with E-state index in [0.717, 1.165) is 47.4 Å². The van der Waals surface area contributed by atoms with Gasteiger partial charge in [0.05, 0.1) is 0 Å². The third-order valence-electron chi connectivity index (χ3n) is 3.95. The molecule has 6 heteroatoms. The average molecular weight is 349 g/mol. The highest BCUT2D eigenvalue weighted by Gasteiger charge is 2.22. The van der Waals surface area contributed by atoms with Crippen molar-refractivity contribution in [3.8, 4) is 11.9 Å². The largest absolute Gasteiger partial charge is 0.492 e. The number of nitriles is 1. The van der Waals surface area contributed by atoms with Crippen molar-refractivity contribution in [2.24, 2.45) is 0 Å². The van der Waals surface area contributed by atoms with Gasteiger partial charge >= 0.3 is 0 Å². The number of rotatable bonds is 3. The molecule has 0 atom stereocenters. The lowest BCUT2D eigenvalue weighted by molar-refractivity contribution is 0.442. The highest BCUT2D eigenvalue weighted by Crippen LogP contribution is 2.37. The predicted molar refractivity (Wildman–Crippen MR) is 88.2 cm³/mol. The van der Waals surface area contributed by atoms with Crippen LogP contribution in [0.15, 0.2) is 23.2 Å². The molecular formula is C17H14ClFN2OS. The number of aromatic hydroxyl groups is 1. The number of aromatic nitrogens is 1. The molecular weight excluding hydrogens is 335 g/mol. The van der Waals surface area contributed by atoms with Crippen LogP contribution < -0.4 is 0 Å². The van der Waals surface area contributed by atoms with Crippen molar-refractivity contribution in [1.29, 1.82) is 5.26 Å². The van der Waals surface area contributed by atoms with Gasteiger partial charge in [-0.15, -0.1) is 11.8 Å². The quantitative estimate of drug-likeness (QED) is 0.822. The van der Waals surface area contributed by atoms with Crippen molar-refractivity contribution in [3.63, 3.8) is 0 Å². The second kappa shape index (κ2) is 6.77. The minimum Gasteiger partial charge on any atom is -0.492 e. The molecule has 0 amide bonds. The average Bonchev–Trinajstić information content (AvgIpc) is 2.54. The van der Waals surface area contributed by atoms with Crippen molar-refractivity contribution in [2.75, 3.05) is 0 Å². The molecule has 0 spiro atoms. The lowest BCUT2D eigenvalue weighted by atomic mass is 9.90. The van der Waals surface area contributed by atoms with Gasteiger partial charge in [0.2, 0.25) is 5.88 Å². The van der Waals surface area contributed by atoms with Crippen molar-refractivity contribution >= 4 is 23.4 Å². The van der Waals surface area contributed by atoms with Crippen molar-refractivity contribution in [1.82, 2.24) is 4.98 Å². The first-order chi connectivity index (χ1) is 11.1. The number of fused-ring (bicyclic) bond motifs is 1. The summed E-state index contributed by atoms with van der Waals surface area (Å²) in [6, 6.07) is 6.37. The molecule has 23 heavy (non-hydrogen) atoms. The number of nitrogens with zero attached hydrogens (tertiary/aromatic N) is 2. The summed E-state index contributed by atoms with van der Waals surface area (Å²) in [6.07, 6.45) is 3.71. The molecule has 1 heterocycles. The molecule has 1 aromatic heterocycles. The van der Waals surface area contributed by atoms with Gasteiger partial charge in [-0.25, -0.2) is 9.37 Å². The first kappa shape index (κ1) is 16.1. The van der Waals surface area contributed by atoms with E-state index in [1.165, 1.54) is 23.9 Å². The topological polar surface area (TPSA) is 56.9 Å². The fraction of sp³-hybridized carbons (Fsp3) is 0.294. The van der Waals surface area contributed by atoms with Gasteiger partial charge in [-0.3, -0.25) is 0 Å². The summed E-state index contributed by atoms with van der Waals surface area (Å²) in [4.78, 5) is 4.20. The van der Waals surface area contributed by atoms with Gasteiger partial charge in [-0.1, -0.05) is 17.7 Å². The maximum absolute atomic E-state index is 13.1. The molecule has 0 saturated carbocycles. The Labute approximate surface area is 143 Å². The van der Waals surface area contributed by atoms with Gasteiger partial charge in [0, 0.05) is 10.8 Å². The van der Waals surface area contributed by atoms with Crippen LogP contribution in [0.25, 0.3) is 0 Å². The van der Waals surface area contributed by atoms with E-state index >= 15 is 0 Å². The van der Waals surface area contributed by atoms with Crippen LogP contribution in [0.1, 0.15) is 35.1 Å². The molecule has 3 rings (SSSR count). The number of halogens is 2. The van der Waals surface area contributed by atoms with Gasteiger partial charge in [-0.2, -0.15) is 5.26 Å². The Kier molecular flexibility index (Phi) is 4.74. The molecule has 1 aliphatic rings. The Hall–Kier alpha value is -1.77. The second-order valence-electron chi connectivity index (χ2n) is 5.42. The Morgan fingerprint density at radius 2 is 2.04 bits per heavy atom. The van der Waals surface area contributed by atoms with E-state index in [-0.39, 0.29) is 11.7 Å². The summed E-state index contributed by atoms with van der Waals surface area (Å²) in [7, 11) is 0. The highest BCUT2D eigenvalue weighted by molar-refractivity contribution is 7.98. The third-order valence-corrected chi connectivity index (χ3v) is 5.37. The van der Waals surface area contributed by atoms with E-state index in [2.05, 4.69) is 11.1 Å². The van der Waals surface area contributed by atoms with E-state index in [9.17, 15) is 14.8 Å². The number of hydrogen-bond donors (Lipinski definition) is 1. The minimum atomic E-state index is -0.365. The van der Waals surface area contributed by atoms with Gasteiger partial charge in [0.1, 0.15) is 22.5 Å². The van der Waals surface area contributed by atoms with Crippen molar-refractivity contribution < 1.29 is 9.50 Å². The number of benzene rings is 1. The van der Waals surface area contributed by atoms with Gasteiger partial charge < -0.3 is 5.11 Å². The normalized spacial score (nSPS) is 13.4. The molecule has 1 N–H and O–H groups in total. The summed E-state index contributed by atoms with van der Waals surface area (Å²) in [6.45, 7) is 0. The Bertz CT molecular complexity index is 804. The molecule has 0 aliphatic heterocycles. The van der Waals surface area contributed by atoms with Crippen LogP contribution in [0.4, 0.5) is 4.39 Å². The summed E-state index contributed by atoms with van der Waals surface area (Å²) >= 11 is 7.51. The molecule has 0 unspecified atom stereocenters. The zero-order chi connectivity index (χ0) is 16.4. The zero-order valence-electron chi connectivity index (χ0n) is 12.3. The summed E-state index contributed by atoms with van der Waals surface area (Å²) in [5, 5.41) is 20.4. The number of hydrogen-bond acceptors (Lipinski definition) is 4. The molecule has 3 nitrogen and oxygen atoms in total. The summed E-state index contributed by atoms with van der Waals surface area (Å²) in [5.41, 5.74) is 3.07. The van der Waals surface area contributed by atoms with Gasteiger partial charge in [-0.05, 0) is 54.5 Å². The molecule has 0 saturated heterocycles. The van der Waals surface area contributed by atoms with E-state index in [0.29, 0.717) is 16.3 Å². The van der Waals surface area contributed by atoms with Gasteiger partial charge in [0.15, 0.2) is 0 Å². The van der Waals surface area contributed by atoms with E-state index in [4.69, 9.17) is 11.6 Å². The van der Waals surface area contributed by atoms with Crippen LogP contribution in [0.2, 0.25) is 5.02 Å². The summed E-state index contributed by atoms with van der Waals surface area (Å²) < 4.78 is 13.1. The lowest BCUT2D eigenvalue weighted by Crippen LogP contribution is -2.09. The SMILES string of the molecule is N#Cc1c(O)nc(SCc2ccc(F)cc2Cl)c2c1CCCC2. The van der Waals surface area contributed by atoms with Crippen LogP contribution in [-0.2, 0) is 18.6 Å². The van der Waals surface area contributed by atoms with E-state index < -0.39 is 0 Å². The van der Waals surface area contributed by atoms with E-state index in [1.807, 2.05) is 0 Å². The van der Waals surface area contributed by atoms with Crippen LogP contribution >= 0.6 is 23.4 Å². The van der Waals surface area contributed by atoms with Crippen LogP contribution in [-0.4, -0.2) is 10.1 Å². The molecule has 118 valence electrons. The zero-order valence-corrected chi connectivity index (χ0v) is 13.8.